The van der Waals surface area contributed by atoms with Crippen LogP contribution in [0, 0.1) is 5.92 Å². The molecule has 8 nitrogen and oxygen atoms in total. The second-order valence-electron chi connectivity index (χ2n) is 8.70. The van der Waals surface area contributed by atoms with Crippen molar-refractivity contribution in [1.29, 1.82) is 0 Å². The van der Waals surface area contributed by atoms with Crippen molar-refractivity contribution in [2.75, 3.05) is 24.7 Å². The summed E-state index contributed by atoms with van der Waals surface area (Å²) in [7, 11) is -7.35. The van der Waals surface area contributed by atoms with Crippen molar-refractivity contribution in [2.45, 2.75) is 48.8 Å². The fourth-order valence-electron chi connectivity index (χ4n) is 3.26. The number of hydrogen-bond acceptors (Lipinski definition) is 7. The second kappa shape index (κ2) is 8.61. The molecule has 3 rings (SSSR count). The van der Waals surface area contributed by atoms with E-state index in [1.54, 1.807) is 0 Å². The van der Waals surface area contributed by atoms with Gasteiger partial charge in [0.15, 0.2) is 15.0 Å². The zero-order chi connectivity index (χ0) is 23.0. The maximum absolute atomic E-state index is 13.0. The number of rotatable bonds is 5. The van der Waals surface area contributed by atoms with Gasteiger partial charge in [-0.2, -0.15) is 4.31 Å². The van der Waals surface area contributed by atoms with Gasteiger partial charge in [0.2, 0.25) is 15.9 Å². The number of piperidine rings is 1. The lowest BCUT2D eigenvalue weighted by Gasteiger charge is -2.30. The molecule has 2 aromatic rings. The van der Waals surface area contributed by atoms with Gasteiger partial charge in [0.1, 0.15) is 0 Å². The number of anilines is 1. The van der Waals surface area contributed by atoms with Gasteiger partial charge in [-0.15, -0.1) is 11.3 Å². The molecule has 0 atom stereocenters. The topological polar surface area (TPSA) is 114 Å². The van der Waals surface area contributed by atoms with Gasteiger partial charge < -0.3 is 5.32 Å². The van der Waals surface area contributed by atoms with Crippen molar-refractivity contribution in [3.8, 4) is 0 Å². The van der Waals surface area contributed by atoms with Gasteiger partial charge in [-0.05, 0) is 31.0 Å². The molecule has 0 spiro atoms. The summed E-state index contributed by atoms with van der Waals surface area (Å²) in [6.07, 6.45) is 1.80. The summed E-state index contributed by atoms with van der Waals surface area (Å²) in [4.78, 5) is 17.0. The monoisotopic (exact) mass is 485 g/mol. The maximum atomic E-state index is 13.0. The molecule has 1 saturated heterocycles. The number of sulfonamides is 1. The average Bonchev–Trinajstić information content (AvgIpc) is 3.16. The Morgan fingerprint density at radius 3 is 2.29 bits per heavy atom. The van der Waals surface area contributed by atoms with Gasteiger partial charge in [0.05, 0.1) is 15.5 Å². The van der Waals surface area contributed by atoms with Crippen molar-refractivity contribution in [1.82, 2.24) is 9.29 Å². The lowest BCUT2D eigenvalue weighted by Crippen LogP contribution is -2.41. The van der Waals surface area contributed by atoms with Crippen molar-refractivity contribution in [3.63, 3.8) is 0 Å². The van der Waals surface area contributed by atoms with Gasteiger partial charge in [-0.25, -0.2) is 21.8 Å². The molecule has 0 aliphatic carbocycles. The first-order valence-electron chi connectivity index (χ1n) is 9.85. The fourth-order valence-corrected chi connectivity index (χ4v) is 6.45. The lowest BCUT2D eigenvalue weighted by atomic mass is 9.93. The Hall–Kier alpha value is -1.82. The Morgan fingerprint density at radius 2 is 1.74 bits per heavy atom. The highest BCUT2D eigenvalue weighted by Gasteiger charge is 2.33. The Balaban J connectivity index is 1.65. The van der Waals surface area contributed by atoms with Crippen LogP contribution in [0.2, 0.25) is 0 Å². The largest absolute Gasteiger partial charge is 0.302 e. The van der Waals surface area contributed by atoms with Crippen LogP contribution in [0.15, 0.2) is 39.4 Å². The van der Waals surface area contributed by atoms with Gasteiger partial charge in [0.25, 0.3) is 0 Å². The number of aromatic nitrogens is 1. The fraction of sp³-hybridized carbons (Fsp3) is 0.500. The summed E-state index contributed by atoms with van der Waals surface area (Å²) in [5.74, 6) is -0.471. The van der Waals surface area contributed by atoms with Crippen LogP contribution in [-0.4, -0.2) is 51.4 Å². The van der Waals surface area contributed by atoms with E-state index in [1.165, 1.54) is 39.9 Å². The highest BCUT2D eigenvalue weighted by atomic mass is 32.2. The molecule has 1 fully saturated rings. The van der Waals surface area contributed by atoms with Gasteiger partial charge in [-0.1, -0.05) is 26.8 Å². The molecule has 1 aromatic carbocycles. The highest BCUT2D eigenvalue weighted by molar-refractivity contribution is 7.91. The van der Waals surface area contributed by atoms with Crippen molar-refractivity contribution >= 4 is 42.2 Å². The summed E-state index contributed by atoms with van der Waals surface area (Å²) in [5, 5.41) is 5.32. The molecule has 0 unspecified atom stereocenters. The molecule has 2 heterocycles. The third-order valence-corrected chi connectivity index (χ3v) is 8.96. The Kier molecular flexibility index (Phi) is 6.62. The van der Waals surface area contributed by atoms with E-state index >= 15 is 0 Å². The SMILES string of the molecule is CC(C)(C)c1csc(NC(=O)C2CCN(S(=O)(=O)c3cccc(S(C)(=O)=O)c3)CC2)n1. The molecular formula is C20H27N3O5S3. The summed E-state index contributed by atoms with van der Waals surface area (Å²) < 4.78 is 50.7. The Morgan fingerprint density at radius 1 is 1.13 bits per heavy atom. The normalized spacial score (nSPS) is 16.9. The minimum atomic E-state index is -3.84. The van der Waals surface area contributed by atoms with Crippen LogP contribution in [0.1, 0.15) is 39.3 Å². The number of amides is 1. The quantitative estimate of drug-likeness (QED) is 0.697. The number of thiazole rings is 1. The second-order valence-corrected chi connectivity index (χ2v) is 13.5. The van der Waals surface area contributed by atoms with Crippen LogP contribution in [0.5, 0.6) is 0 Å². The first-order valence-corrected chi connectivity index (χ1v) is 14.1. The minimum Gasteiger partial charge on any atom is -0.302 e. The summed E-state index contributed by atoms with van der Waals surface area (Å²) in [6.45, 7) is 6.53. The summed E-state index contributed by atoms with van der Waals surface area (Å²) in [6, 6.07) is 5.36. The van der Waals surface area contributed by atoms with Crippen LogP contribution in [0.4, 0.5) is 5.13 Å². The van der Waals surface area contributed by atoms with Crippen LogP contribution in [-0.2, 0) is 30.1 Å². The first kappa shape index (κ1) is 23.8. The molecule has 1 N–H and O–H groups in total. The predicted octanol–water partition coefficient (Wildman–Crippen LogP) is 2.88. The molecule has 1 aromatic heterocycles. The van der Waals surface area contributed by atoms with E-state index in [9.17, 15) is 21.6 Å². The number of carbonyl (C=O) groups excluding carboxylic acids is 1. The zero-order valence-corrected chi connectivity index (χ0v) is 20.4. The Bertz CT molecular complexity index is 1170. The number of nitrogens with zero attached hydrogens (tertiary/aromatic N) is 2. The van der Waals surface area contributed by atoms with Crippen LogP contribution in [0.25, 0.3) is 0 Å². The van der Waals surface area contributed by atoms with E-state index in [4.69, 9.17) is 0 Å². The van der Waals surface area contributed by atoms with E-state index in [0.29, 0.717) is 18.0 Å². The Labute approximate surface area is 187 Å². The molecule has 1 amide bonds. The lowest BCUT2D eigenvalue weighted by molar-refractivity contribution is -0.120. The molecule has 170 valence electrons. The number of benzene rings is 1. The van der Waals surface area contributed by atoms with E-state index < -0.39 is 19.9 Å². The van der Waals surface area contributed by atoms with Crippen molar-refractivity contribution in [2.24, 2.45) is 5.92 Å². The first-order chi connectivity index (χ1) is 14.3. The van der Waals surface area contributed by atoms with Gasteiger partial charge in [0, 0.05) is 36.1 Å². The van der Waals surface area contributed by atoms with Crippen LogP contribution >= 0.6 is 11.3 Å². The highest BCUT2D eigenvalue weighted by Crippen LogP contribution is 2.29. The smallest absolute Gasteiger partial charge is 0.243 e. The molecule has 0 bridgehead atoms. The van der Waals surface area contributed by atoms with E-state index in [-0.39, 0.29) is 40.1 Å². The molecule has 1 aliphatic heterocycles. The van der Waals surface area contributed by atoms with Crippen molar-refractivity contribution in [3.05, 3.63) is 35.3 Å². The average molecular weight is 486 g/mol. The number of carbonyl (C=O) groups is 1. The predicted molar refractivity (Wildman–Crippen MR) is 120 cm³/mol. The summed E-state index contributed by atoms with van der Waals surface area (Å²) in [5.41, 5.74) is 0.804. The number of sulfone groups is 1. The van der Waals surface area contributed by atoms with E-state index in [1.807, 2.05) is 5.38 Å². The molecule has 31 heavy (non-hydrogen) atoms. The third-order valence-electron chi connectivity index (χ3n) is 5.20. The van der Waals surface area contributed by atoms with Gasteiger partial charge >= 0.3 is 0 Å². The van der Waals surface area contributed by atoms with E-state index in [0.717, 1.165) is 11.9 Å². The molecule has 11 heteroatoms. The molecule has 1 aliphatic rings. The molecular weight excluding hydrogens is 458 g/mol. The molecule has 0 saturated carbocycles. The van der Waals surface area contributed by atoms with Crippen molar-refractivity contribution < 1.29 is 21.6 Å². The molecule has 0 radical (unpaired) electrons. The minimum absolute atomic E-state index is 0.0408. The van der Waals surface area contributed by atoms with Gasteiger partial charge in [-0.3, -0.25) is 4.79 Å². The summed E-state index contributed by atoms with van der Waals surface area (Å²) >= 11 is 1.38. The van der Waals surface area contributed by atoms with Crippen LogP contribution in [0.3, 0.4) is 0 Å². The number of nitrogens with one attached hydrogen (secondary N) is 1. The maximum Gasteiger partial charge on any atom is 0.243 e. The standard InChI is InChI=1S/C20H27N3O5S3/c1-20(2,3)17-13-29-19(21-17)22-18(24)14-8-10-23(11-9-14)31(27,28)16-7-5-6-15(12-16)30(4,25)26/h5-7,12-14H,8-11H2,1-4H3,(H,21,22,24). The van der Waals surface area contributed by atoms with E-state index in [2.05, 4.69) is 31.1 Å². The zero-order valence-electron chi connectivity index (χ0n) is 18.0. The number of hydrogen-bond donors (Lipinski definition) is 1. The van der Waals surface area contributed by atoms with Crippen LogP contribution < -0.4 is 5.32 Å². The third kappa shape index (κ3) is 5.51.